The van der Waals surface area contributed by atoms with Gasteiger partial charge in [0.05, 0.1) is 4.92 Å². The molecule has 0 spiro atoms. The molecule has 1 heterocycles. The summed E-state index contributed by atoms with van der Waals surface area (Å²) < 4.78 is 0. The van der Waals surface area contributed by atoms with Crippen molar-refractivity contribution < 1.29 is 4.92 Å². The topological polar surface area (TPSA) is 82.0 Å². The van der Waals surface area contributed by atoms with Crippen LogP contribution >= 0.6 is 0 Å². The molecule has 0 bridgehead atoms. The van der Waals surface area contributed by atoms with Crippen LogP contribution in [0.3, 0.4) is 0 Å². The molecular weight excluding hydrogens is 218 g/mol. The Balaban J connectivity index is 2.28. The molecule has 0 aliphatic carbocycles. The largest absolute Gasteiger partial charge is 0.383 e. The van der Waals surface area contributed by atoms with Crippen LogP contribution in [0.15, 0.2) is 42.6 Å². The van der Waals surface area contributed by atoms with Crippen molar-refractivity contribution in [3.63, 3.8) is 0 Å². The van der Waals surface area contributed by atoms with Crippen molar-refractivity contribution in [2.75, 3.05) is 5.73 Å². The minimum atomic E-state index is -0.407. The smallest absolute Gasteiger partial charge is 0.269 e. The van der Waals surface area contributed by atoms with Crippen molar-refractivity contribution in [1.29, 1.82) is 0 Å². The quantitative estimate of drug-likeness (QED) is 0.645. The lowest BCUT2D eigenvalue weighted by molar-refractivity contribution is -0.384. The van der Waals surface area contributed by atoms with Gasteiger partial charge in [-0.2, -0.15) is 0 Å². The summed E-state index contributed by atoms with van der Waals surface area (Å²) in [7, 11) is 0. The Kier molecular flexibility index (Phi) is 3.00. The van der Waals surface area contributed by atoms with E-state index in [4.69, 9.17) is 5.73 Å². The van der Waals surface area contributed by atoms with E-state index in [1.165, 1.54) is 6.07 Å². The van der Waals surface area contributed by atoms with Gasteiger partial charge < -0.3 is 5.73 Å². The second kappa shape index (κ2) is 4.61. The molecule has 0 aliphatic rings. The van der Waals surface area contributed by atoms with Gasteiger partial charge in [0.25, 0.3) is 5.69 Å². The summed E-state index contributed by atoms with van der Waals surface area (Å²) >= 11 is 0. The lowest BCUT2D eigenvalue weighted by Gasteiger charge is -2.04. The molecule has 5 heteroatoms. The molecule has 0 radical (unpaired) electrons. The number of nitrogen functional groups attached to an aromatic ring is 1. The summed E-state index contributed by atoms with van der Waals surface area (Å²) in [6.07, 6.45) is 2.16. The first-order chi connectivity index (χ1) is 8.16. The number of non-ortho nitro benzene ring substituents is 1. The number of hydrogen-bond donors (Lipinski definition) is 1. The standard InChI is InChI=1S/C12H11N3O2/c13-12-10(4-2-6-14-12)7-9-3-1-5-11(8-9)15(16)17/h1-6,8H,7H2,(H2,13,14). The first kappa shape index (κ1) is 11.1. The van der Waals surface area contributed by atoms with Crippen LogP contribution < -0.4 is 5.73 Å². The predicted octanol–water partition coefficient (Wildman–Crippen LogP) is 2.16. The highest BCUT2D eigenvalue weighted by molar-refractivity contribution is 5.44. The summed E-state index contributed by atoms with van der Waals surface area (Å²) in [5, 5.41) is 10.6. The number of benzene rings is 1. The molecule has 86 valence electrons. The van der Waals surface area contributed by atoms with Crippen LogP contribution in [0.4, 0.5) is 11.5 Å². The molecule has 0 aliphatic heterocycles. The van der Waals surface area contributed by atoms with E-state index in [1.54, 1.807) is 24.4 Å². The number of nitro benzene ring substituents is 1. The van der Waals surface area contributed by atoms with Crippen LogP contribution in [0.25, 0.3) is 0 Å². The van der Waals surface area contributed by atoms with Gasteiger partial charge in [-0.1, -0.05) is 18.2 Å². The third-order valence-corrected chi connectivity index (χ3v) is 2.44. The molecule has 17 heavy (non-hydrogen) atoms. The zero-order valence-electron chi connectivity index (χ0n) is 9.04. The van der Waals surface area contributed by atoms with Gasteiger partial charge in [0.2, 0.25) is 0 Å². The molecule has 0 saturated heterocycles. The Labute approximate surface area is 98.1 Å². The van der Waals surface area contributed by atoms with Gasteiger partial charge in [-0.25, -0.2) is 4.98 Å². The molecule has 2 rings (SSSR count). The van der Waals surface area contributed by atoms with Gasteiger partial charge in [-0.3, -0.25) is 10.1 Å². The molecular formula is C12H11N3O2. The van der Waals surface area contributed by atoms with Gasteiger partial charge in [-0.15, -0.1) is 0 Å². The van der Waals surface area contributed by atoms with Crippen molar-refractivity contribution in [2.24, 2.45) is 0 Å². The second-order valence-corrected chi connectivity index (χ2v) is 3.65. The number of aromatic nitrogens is 1. The average Bonchev–Trinajstić information content (AvgIpc) is 2.32. The van der Waals surface area contributed by atoms with E-state index < -0.39 is 4.92 Å². The zero-order chi connectivity index (χ0) is 12.3. The summed E-state index contributed by atoms with van der Waals surface area (Å²) in [5.74, 6) is 0.457. The van der Waals surface area contributed by atoms with E-state index in [0.717, 1.165) is 11.1 Å². The lowest BCUT2D eigenvalue weighted by Crippen LogP contribution is -1.98. The molecule has 2 N–H and O–H groups in total. The van der Waals surface area contributed by atoms with E-state index in [2.05, 4.69) is 4.98 Å². The summed E-state index contributed by atoms with van der Waals surface area (Å²) in [4.78, 5) is 14.2. The number of anilines is 1. The number of rotatable bonds is 3. The molecule has 0 atom stereocenters. The molecule has 0 unspecified atom stereocenters. The maximum atomic E-state index is 10.6. The van der Waals surface area contributed by atoms with Crippen molar-refractivity contribution in [3.8, 4) is 0 Å². The van der Waals surface area contributed by atoms with Gasteiger partial charge in [0.15, 0.2) is 0 Å². The third-order valence-electron chi connectivity index (χ3n) is 2.44. The Hall–Kier alpha value is -2.43. The molecule has 1 aromatic carbocycles. The van der Waals surface area contributed by atoms with Crippen molar-refractivity contribution >= 4 is 11.5 Å². The van der Waals surface area contributed by atoms with E-state index in [1.807, 2.05) is 12.1 Å². The zero-order valence-corrected chi connectivity index (χ0v) is 9.04. The number of pyridine rings is 1. The predicted molar refractivity (Wildman–Crippen MR) is 64.6 cm³/mol. The van der Waals surface area contributed by atoms with Crippen LogP contribution in [0.5, 0.6) is 0 Å². The number of nitrogens with zero attached hydrogens (tertiary/aromatic N) is 2. The first-order valence-corrected chi connectivity index (χ1v) is 5.09. The summed E-state index contributed by atoms with van der Waals surface area (Å²) in [6.45, 7) is 0. The Morgan fingerprint density at radius 2 is 2.12 bits per heavy atom. The van der Waals surface area contributed by atoms with Crippen LogP contribution in [0.2, 0.25) is 0 Å². The van der Waals surface area contributed by atoms with E-state index >= 15 is 0 Å². The minimum Gasteiger partial charge on any atom is -0.383 e. The highest BCUT2D eigenvalue weighted by atomic mass is 16.6. The van der Waals surface area contributed by atoms with Gasteiger partial charge in [-0.05, 0) is 17.2 Å². The highest BCUT2D eigenvalue weighted by Crippen LogP contribution is 2.18. The normalized spacial score (nSPS) is 10.1. The monoisotopic (exact) mass is 229 g/mol. The van der Waals surface area contributed by atoms with Gasteiger partial charge in [0.1, 0.15) is 5.82 Å². The second-order valence-electron chi connectivity index (χ2n) is 3.65. The summed E-state index contributed by atoms with van der Waals surface area (Å²) in [6, 6.07) is 10.2. The highest BCUT2D eigenvalue weighted by Gasteiger charge is 2.07. The number of nitro groups is 1. The maximum Gasteiger partial charge on any atom is 0.269 e. The first-order valence-electron chi connectivity index (χ1n) is 5.09. The Bertz CT molecular complexity index is 555. The summed E-state index contributed by atoms with van der Waals surface area (Å²) in [5.41, 5.74) is 7.52. The van der Waals surface area contributed by atoms with Crippen molar-refractivity contribution in [1.82, 2.24) is 4.98 Å². The average molecular weight is 229 g/mol. The molecule has 0 fully saturated rings. The van der Waals surface area contributed by atoms with Crippen LogP contribution in [0, 0.1) is 10.1 Å². The fraction of sp³-hybridized carbons (Fsp3) is 0.0833. The minimum absolute atomic E-state index is 0.0879. The Morgan fingerprint density at radius 1 is 1.29 bits per heavy atom. The van der Waals surface area contributed by atoms with Crippen LogP contribution in [-0.4, -0.2) is 9.91 Å². The van der Waals surface area contributed by atoms with Crippen molar-refractivity contribution in [3.05, 3.63) is 63.8 Å². The van der Waals surface area contributed by atoms with Crippen LogP contribution in [0.1, 0.15) is 11.1 Å². The fourth-order valence-corrected chi connectivity index (χ4v) is 1.60. The number of nitrogens with two attached hydrogens (primary N) is 1. The van der Waals surface area contributed by atoms with E-state index in [0.29, 0.717) is 12.2 Å². The molecule has 1 aromatic heterocycles. The molecule has 0 saturated carbocycles. The third kappa shape index (κ3) is 2.57. The number of hydrogen-bond acceptors (Lipinski definition) is 4. The van der Waals surface area contributed by atoms with Crippen LogP contribution in [-0.2, 0) is 6.42 Å². The van der Waals surface area contributed by atoms with E-state index in [9.17, 15) is 10.1 Å². The van der Waals surface area contributed by atoms with Gasteiger partial charge >= 0.3 is 0 Å². The lowest BCUT2D eigenvalue weighted by atomic mass is 10.1. The Morgan fingerprint density at radius 3 is 2.82 bits per heavy atom. The van der Waals surface area contributed by atoms with Crippen molar-refractivity contribution in [2.45, 2.75) is 6.42 Å². The fourth-order valence-electron chi connectivity index (χ4n) is 1.60. The SMILES string of the molecule is Nc1ncccc1Cc1cccc([N+](=O)[O-])c1. The molecule has 2 aromatic rings. The van der Waals surface area contributed by atoms with E-state index in [-0.39, 0.29) is 5.69 Å². The molecule has 0 amide bonds. The maximum absolute atomic E-state index is 10.6. The molecule has 5 nitrogen and oxygen atoms in total. The van der Waals surface area contributed by atoms with Gasteiger partial charge in [0, 0.05) is 24.8 Å².